The maximum absolute atomic E-state index is 13.6. The van der Waals surface area contributed by atoms with E-state index in [1.807, 2.05) is 0 Å². The van der Waals surface area contributed by atoms with Crippen molar-refractivity contribution in [1.29, 1.82) is 0 Å². The van der Waals surface area contributed by atoms with E-state index in [0.717, 1.165) is 0 Å². The van der Waals surface area contributed by atoms with Crippen LogP contribution in [0.2, 0.25) is 0 Å². The Hall–Kier alpha value is -1.85. The zero-order chi connectivity index (χ0) is 16.0. The van der Waals surface area contributed by atoms with Crippen molar-refractivity contribution in [1.82, 2.24) is 4.90 Å². The monoisotopic (exact) mass is 307 g/mol. The lowest BCUT2D eigenvalue weighted by atomic mass is 9.62. The van der Waals surface area contributed by atoms with Gasteiger partial charge in [0.15, 0.2) is 5.60 Å². The number of rotatable bonds is 2. The molecule has 3 rings (SSSR count). The van der Waals surface area contributed by atoms with E-state index >= 15 is 0 Å². The Labute approximate surface area is 126 Å². The Kier molecular flexibility index (Phi) is 3.30. The Morgan fingerprint density at radius 3 is 1.64 bits per heavy atom. The van der Waals surface area contributed by atoms with E-state index in [4.69, 9.17) is 0 Å². The number of hydrogen-bond acceptors (Lipinski definition) is 2. The van der Waals surface area contributed by atoms with Crippen molar-refractivity contribution in [3.05, 3.63) is 71.8 Å². The third kappa shape index (κ3) is 1.76. The molecule has 2 nitrogen and oxygen atoms in total. The van der Waals surface area contributed by atoms with E-state index in [2.05, 4.69) is 0 Å². The standard InChI is InChI=1S/C17H16F3NO/c1-21-12-15(22,17(18,19)20)16(21,13-8-4-2-5-9-13)14-10-6-3-7-11-14/h2-11,22H,12H2,1H3. The first-order valence-corrected chi connectivity index (χ1v) is 6.95. The molecule has 1 N–H and O–H groups in total. The predicted molar refractivity (Wildman–Crippen MR) is 77.3 cm³/mol. The van der Waals surface area contributed by atoms with Gasteiger partial charge >= 0.3 is 6.18 Å². The summed E-state index contributed by atoms with van der Waals surface area (Å²) in [7, 11) is 1.60. The first-order chi connectivity index (χ1) is 10.3. The highest BCUT2D eigenvalue weighted by atomic mass is 19.4. The van der Waals surface area contributed by atoms with Crippen LogP contribution in [0.5, 0.6) is 0 Å². The van der Waals surface area contributed by atoms with E-state index in [0.29, 0.717) is 11.1 Å². The molecule has 2 aromatic rings. The predicted octanol–water partition coefficient (Wildman–Crippen LogP) is 3.17. The lowest BCUT2D eigenvalue weighted by molar-refractivity contribution is -0.348. The number of alkyl halides is 3. The average Bonchev–Trinajstić information content (AvgIpc) is 2.48. The smallest absolute Gasteiger partial charge is 0.377 e. The van der Waals surface area contributed by atoms with Crippen molar-refractivity contribution in [3.63, 3.8) is 0 Å². The Balaban J connectivity index is 2.29. The van der Waals surface area contributed by atoms with Crippen LogP contribution in [0.3, 0.4) is 0 Å². The maximum atomic E-state index is 13.6. The molecule has 0 amide bonds. The lowest BCUT2D eigenvalue weighted by Crippen LogP contribution is -2.81. The van der Waals surface area contributed by atoms with E-state index in [1.165, 1.54) is 0 Å². The molecular weight excluding hydrogens is 291 g/mol. The molecule has 0 aliphatic carbocycles. The van der Waals surface area contributed by atoms with Crippen LogP contribution in [-0.4, -0.2) is 35.4 Å². The molecule has 0 spiro atoms. The molecule has 0 bridgehead atoms. The fourth-order valence-electron chi connectivity index (χ4n) is 3.54. The Morgan fingerprint density at radius 2 is 1.32 bits per heavy atom. The Bertz CT molecular complexity index is 617. The van der Waals surface area contributed by atoms with Gasteiger partial charge in [-0.05, 0) is 18.2 Å². The summed E-state index contributed by atoms with van der Waals surface area (Å²) >= 11 is 0. The topological polar surface area (TPSA) is 23.5 Å². The second kappa shape index (κ2) is 4.83. The summed E-state index contributed by atoms with van der Waals surface area (Å²) in [5.41, 5.74) is -3.60. The summed E-state index contributed by atoms with van der Waals surface area (Å²) in [6.07, 6.45) is -4.73. The molecule has 1 atom stereocenters. The average molecular weight is 307 g/mol. The molecule has 0 radical (unpaired) electrons. The number of aliphatic hydroxyl groups is 1. The summed E-state index contributed by atoms with van der Waals surface area (Å²) in [4.78, 5) is 1.55. The summed E-state index contributed by atoms with van der Waals surface area (Å²) in [6, 6.07) is 16.7. The highest BCUT2D eigenvalue weighted by Gasteiger charge is 2.76. The van der Waals surface area contributed by atoms with Gasteiger partial charge in [0.1, 0.15) is 5.54 Å². The van der Waals surface area contributed by atoms with Crippen molar-refractivity contribution in [2.75, 3.05) is 13.6 Å². The first-order valence-electron chi connectivity index (χ1n) is 6.95. The van der Waals surface area contributed by atoms with Gasteiger partial charge in [-0.3, -0.25) is 4.90 Å². The molecule has 116 valence electrons. The van der Waals surface area contributed by atoms with Crippen LogP contribution in [0.15, 0.2) is 60.7 Å². The number of hydrogen-bond donors (Lipinski definition) is 1. The Morgan fingerprint density at radius 1 is 0.909 bits per heavy atom. The van der Waals surface area contributed by atoms with E-state index in [1.54, 1.807) is 72.6 Å². The summed E-state index contributed by atoms with van der Waals surface area (Å²) in [5, 5.41) is 10.6. The molecule has 1 fully saturated rings. The second-order valence-corrected chi connectivity index (χ2v) is 5.66. The van der Waals surface area contributed by atoms with Gasteiger partial charge in [-0.2, -0.15) is 13.2 Å². The van der Waals surface area contributed by atoms with Gasteiger partial charge < -0.3 is 5.11 Å². The molecule has 0 saturated carbocycles. The van der Waals surface area contributed by atoms with Crippen LogP contribution in [0, 0.1) is 0 Å². The molecule has 1 heterocycles. The quantitative estimate of drug-likeness (QED) is 0.921. The lowest BCUT2D eigenvalue weighted by Gasteiger charge is -2.63. The normalized spacial score (nSPS) is 24.8. The third-order valence-corrected chi connectivity index (χ3v) is 4.49. The molecule has 0 aromatic heterocycles. The van der Waals surface area contributed by atoms with E-state index < -0.39 is 23.9 Å². The van der Waals surface area contributed by atoms with Crippen molar-refractivity contribution in [2.45, 2.75) is 17.3 Å². The zero-order valence-corrected chi connectivity index (χ0v) is 12.0. The van der Waals surface area contributed by atoms with E-state index in [-0.39, 0.29) is 0 Å². The molecule has 5 heteroatoms. The largest absolute Gasteiger partial charge is 0.421 e. The van der Waals surface area contributed by atoms with Crippen molar-refractivity contribution >= 4 is 0 Å². The first kappa shape index (κ1) is 15.1. The van der Waals surface area contributed by atoms with Crippen molar-refractivity contribution in [3.8, 4) is 0 Å². The van der Waals surface area contributed by atoms with Crippen molar-refractivity contribution < 1.29 is 18.3 Å². The molecule has 22 heavy (non-hydrogen) atoms. The summed E-state index contributed by atoms with van der Waals surface area (Å²) in [6.45, 7) is -0.458. The van der Waals surface area contributed by atoms with Gasteiger partial charge in [-0.15, -0.1) is 0 Å². The zero-order valence-electron chi connectivity index (χ0n) is 12.0. The second-order valence-electron chi connectivity index (χ2n) is 5.66. The van der Waals surface area contributed by atoms with Crippen LogP contribution in [0.1, 0.15) is 11.1 Å². The van der Waals surface area contributed by atoms with Gasteiger partial charge in [0.05, 0.1) is 0 Å². The number of likely N-dealkylation sites (N-methyl/N-ethyl adjacent to an activating group) is 1. The number of β-amino-alcohol motifs (C(OH)–C–C–N with tert-alkyl or cyclic N) is 1. The number of likely N-dealkylation sites (tertiary alicyclic amines) is 1. The van der Waals surface area contributed by atoms with Gasteiger partial charge in [-0.1, -0.05) is 60.7 Å². The molecule has 2 aromatic carbocycles. The number of halogens is 3. The minimum absolute atomic E-state index is 0.426. The van der Waals surface area contributed by atoms with Crippen molar-refractivity contribution in [2.24, 2.45) is 0 Å². The number of nitrogens with zero attached hydrogens (tertiary/aromatic N) is 1. The molecule has 1 unspecified atom stereocenters. The van der Waals surface area contributed by atoms with Gasteiger partial charge in [0, 0.05) is 6.54 Å². The van der Waals surface area contributed by atoms with Crippen LogP contribution in [0.4, 0.5) is 13.2 Å². The molecule has 1 aliphatic heterocycles. The fourth-order valence-corrected chi connectivity index (χ4v) is 3.54. The minimum Gasteiger partial charge on any atom is -0.377 e. The molecule has 1 aliphatic rings. The van der Waals surface area contributed by atoms with Crippen LogP contribution in [0.25, 0.3) is 0 Å². The van der Waals surface area contributed by atoms with Crippen LogP contribution < -0.4 is 0 Å². The highest BCUT2D eigenvalue weighted by molar-refractivity contribution is 5.47. The van der Waals surface area contributed by atoms with Gasteiger partial charge in [0.25, 0.3) is 0 Å². The minimum atomic E-state index is -4.73. The fraction of sp³-hybridized carbons (Fsp3) is 0.294. The third-order valence-electron chi connectivity index (χ3n) is 4.49. The number of benzene rings is 2. The van der Waals surface area contributed by atoms with Crippen LogP contribution >= 0.6 is 0 Å². The molecule has 1 saturated heterocycles. The SMILES string of the molecule is CN1CC(O)(C(F)(F)F)C1(c1ccccc1)c1ccccc1. The van der Waals surface area contributed by atoms with Gasteiger partial charge in [0.2, 0.25) is 0 Å². The highest BCUT2D eigenvalue weighted by Crippen LogP contribution is 2.58. The van der Waals surface area contributed by atoms with Gasteiger partial charge in [-0.25, -0.2) is 0 Å². The summed E-state index contributed by atoms with van der Waals surface area (Å²) in [5.74, 6) is 0. The molecular formula is C17H16F3NO. The van der Waals surface area contributed by atoms with Crippen LogP contribution in [-0.2, 0) is 5.54 Å². The maximum Gasteiger partial charge on any atom is 0.421 e. The summed E-state index contributed by atoms with van der Waals surface area (Å²) < 4.78 is 40.9. The van der Waals surface area contributed by atoms with E-state index in [9.17, 15) is 18.3 Å².